The smallest absolute Gasteiger partial charge is 0.337 e. The van der Waals surface area contributed by atoms with Crippen LogP contribution in [0.2, 0.25) is 5.15 Å². The Hall–Kier alpha value is -1.98. The monoisotopic (exact) mass is 291 g/mol. The second-order valence-electron chi connectivity index (χ2n) is 4.46. The predicted molar refractivity (Wildman–Crippen MR) is 75.6 cm³/mol. The largest absolute Gasteiger partial charge is 0.478 e. The van der Waals surface area contributed by atoms with E-state index in [0.29, 0.717) is 23.9 Å². The average Bonchev–Trinajstić information content (AvgIpc) is 2.41. The highest BCUT2D eigenvalue weighted by molar-refractivity contribution is 6.29. The van der Waals surface area contributed by atoms with E-state index in [-0.39, 0.29) is 5.56 Å². The molecule has 0 bridgehead atoms. The molecule has 2 rings (SSSR count). The lowest BCUT2D eigenvalue weighted by molar-refractivity contribution is 0.0694. The van der Waals surface area contributed by atoms with Gasteiger partial charge in [-0.2, -0.15) is 0 Å². The van der Waals surface area contributed by atoms with Gasteiger partial charge in [-0.05, 0) is 30.8 Å². The van der Waals surface area contributed by atoms with Gasteiger partial charge in [-0.25, -0.2) is 9.78 Å². The normalized spacial score (nSPS) is 10.8. The minimum absolute atomic E-state index is 0.230. The molecule has 0 amide bonds. The lowest BCUT2D eigenvalue weighted by atomic mass is 10.2. The number of aromatic nitrogens is 2. The van der Waals surface area contributed by atoms with Gasteiger partial charge in [0.2, 0.25) is 0 Å². The van der Waals surface area contributed by atoms with Crippen molar-refractivity contribution in [3.8, 4) is 0 Å². The van der Waals surface area contributed by atoms with Crippen LogP contribution in [0, 0.1) is 0 Å². The number of carboxylic acids is 1. The highest BCUT2D eigenvalue weighted by atomic mass is 35.5. The fraction of sp³-hybridized carbons (Fsp3) is 0.214. The van der Waals surface area contributed by atoms with Crippen molar-refractivity contribution < 1.29 is 9.90 Å². The fourth-order valence-electron chi connectivity index (χ4n) is 1.88. The maximum Gasteiger partial charge on any atom is 0.337 e. The molecule has 2 aromatic rings. The molecule has 0 radical (unpaired) electrons. The molecule has 0 atom stereocenters. The molecule has 1 N–H and O–H groups in total. The van der Waals surface area contributed by atoms with Gasteiger partial charge in [0, 0.05) is 25.5 Å². The molecule has 6 heteroatoms. The van der Waals surface area contributed by atoms with Gasteiger partial charge in [0.25, 0.3) is 0 Å². The van der Waals surface area contributed by atoms with Crippen LogP contribution in [-0.4, -0.2) is 33.0 Å². The van der Waals surface area contributed by atoms with Crippen molar-refractivity contribution >= 4 is 17.6 Å². The van der Waals surface area contributed by atoms with Crippen LogP contribution in [0.1, 0.15) is 21.6 Å². The van der Waals surface area contributed by atoms with E-state index < -0.39 is 5.97 Å². The van der Waals surface area contributed by atoms with Gasteiger partial charge >= 0.3 is 5.97 Å². The summed E-state index contributed by atoms with van der Waals surface area (Å²) in [6.07, 6.45) is 3.30. The van der Waals surface area contributed by atoms with Crippen LogP contribution in [0.3, 0.4) is 0 Å². The third-order valence-electron chi connectivity index (χ3n) is 2.78. The summed E-state index contributed by atoms with van der Waals surface area (Å²) >= 11 is 5.73. The topological polar surface area (TPSA) is 66.3 Å². The van der Waals surface area contributed by atoms with E-state index in [4.69, 9.17) is 16.7 Å². The number of aromatic carboxylic acids is 1. The van der Waals surface area contributed by atoms with Crippen LogP contribution in [0.5, 0.6) is 0 Å². The fourth-order valence-corrected chi connectivity index (χ4v) is 1.99. The molecule has 0 unspecified atom stereocenters. The summed E-state index contributed by atoms with van der Waals surface area (Å²) in [5.74, 6) is -0.963. The predicted octanol–water partition coefficient (Wildman–Crippen LogP) is 2.46. The Morgan fingerprint density at radius 1 is 1.30 bits per heavy atom. The first-order chi connectivity index (χ1) is 9.56. The number of hydrogen-bond donors (Lipinski definition) is 1. The van der Waals surface area contributed by atoms with E-state index >= 15 is 0 Å². The molecular formula is C14H14ClN3O2. The molecule has 0 aliphatic carbocycles. The summed E-state index contributed by atoms with van der Waals surface area (Å²) in [6.45, 7) is 1.09. The maximum absolute atomic E-state index is 11.1. The van der Waals surface area contributed by atoms with E-state index in [2.05, 4.69) is 9.97 Å². The summed E-state index contributed by atoms with van der Waals surface area (Å²) in [7, 11) is 1.90. The quantitative estimate of drug-likeness (QED) is 0.857. The number of hydrogen-bond acceptors (Lipinski definition) is 4. The standard InChI is InChI=1S/C14H14ClN3O2/c1-18(8-10-4-5-13(15)17-7-10)9-12-11(14(19)20)3-2-6-16-12/h2-7H,8-9H2,1H3,(H,19,20). The van der Waals surface area contributed by atoms with Crippen molar-refractivity contribution in [3.63, 3.8) is 0 Å². The molecule has 20 heavy (non-hydrogen) atoms. The van der Waals surface area contributed by atoms with Gasteiger partial charge in [0.05, 0.1) is 11.3 Å². The SMILES string of the molecule is CN(Cc1ccc(Cl)nc1)Cc1ncccc1C(=O)O. The molecule has 0 fully saturated rings. The van der Waals surface area contributed by atoms with Crippen LogP contribution < -0.4 is 0 Å². The van der Waals surface area contributed by atoms with Gasteiger partial charge in [0.1, 0.15) is 5.15 Å². The molecule has 0 spiro atoms. The van der Waals surface area contributed by atoms with Crippen molar-refractivity contribution in [2.75, 3.05) is 7.05 Å². The molecule has 0 saturated heterocycles. The number of halogens is 1. The summed E-state index contributed by atoms with van der Waals surface area (Å²) < 4.78 is 0. The number of rotatable bonds is 5. The van der Waals surface area contributed by atoms with Crippen LogP contribution in [-0.2, 0) is 13.1 Å². The second-order valence-corrected chi connectivity index (χ2v) is 4.85. The molecule has 2 aromatic heterocycles. The van der Waals surface area contributed by atoms with Crippen molar-refractivity contribution in [1.29, 1.82) is 0 Å². The van der Waals surface area contributed by atoms with Crippen LogP contribution >= 0.6 is 11.6 Å². The lowest BCUT2D eigenvalue weighted by Gasteiger charge is -2.17. The van der Waals surface area contributed by atoms with Gasteiger partial charge in [-0.1, -0.05) is 17.7 Å². The van der Waals surface area contributed by atoms with E-state index in [1.165, 1.54) is 0 Å². The third-order valence-corrected chi connectivity index (χ3v) is 3.01. The van der Waals surface area contributed by atoms with E-state index in [0.717, 1.165) is 5.56 Å². The minimum atomic E-state index is -0.963. The number of nitrogens with zero attached hydrogens (tertiary/aromatic N) is 3. The van der Waals surface area contributed by atoms with Gasteiger partial charge < -0.3 is 5.11 Å². The number of carboxylic acid groups (broad SMARTS) is 1. The molecule has 5 nitrogen and oxygen atoms in total. The zero-order chi connectivity index (χ0) is 14.5. The minimum Gasteiger partial charge on any atom is -0.478 e. The Bertz CT molecular complexity index is 602. The van der Waals surface area contributed by atoms with E-state index in [9.17, 15) is 4.79 Å². The molecule has 104 valence electrons. The van der Waals surface area contributed by atoms with Gasteiger partial charge in [-0.15, -0.1) is 0 Å². The molecule has 0 aromatic carbocycles. The first kappa shape index (κ1) is 14.4. The van der Waals surface area contributed by atoms with E-state index in [1.54, 1.807) is 30.6 Å². The van der Waals surface area contributed by atoms with Crippen molar-refractivity contribution in [2.24, 2.45) is 0 Å². The summed E-state index contributed by atoms with van der Waals surface area (Å²) in [5.41, 5.74) is 1.78. The van der Waals surface area contributed by atoms with Crippen LogP contribution in [0.15, 0.2) is 36.7 Å². The van der Waals surface area contributed by atoms with Crippen molar-refractivity contribution in [1.82, 2.24) is 14.9 Å². The zero-order valence-electron chi connectivity index (χ0n) is 11.0. The zero-order valence-corrected chi connectivity index (χ0v) is 11.7. The second kappa shape index (κ2) is 6.45. The van der Waals surface area contributed by atoms with Gasteiger partial charge in [-0.3, -0.25) is 9.88 Å². The summed E-state index contributed by atoms with van der Waals surface area (Å²) in [5, 5.41) is 9.57. The molecule has 2 heterocycles. The van der Waals surface area contributed by atoms with Crippen molar-refractivity contribution in [2.45, 2.75) is 13.1 Å². The third kappa shape index (κ3) is 3.76. The van der Waals surface area contributed by atoms with Crippen LogP contribution in [0.4, 0.5) is 0 Å². The molecule has 0 aliphatic rings. The lowest BCUT2D eigenvalue weighted by Crippen LogP contribution is -2.20. The van der Waals surface area contributed by atoms with Crippen LogP contribution in [0.25, 0.3) is 0 Å². The Balaban J connectivity index is 2.06. The number of pyridine rings is 2. The Morgan fingerprint density at radius 2 is 2.10 bits per heavy atom. The Kier molecular flexibility index (Phi) is 4.65. The highest BCUT2D eigenvalue weighted by Gasteiger charge is 2.12. The summed E-state index contributed by atoms with van der Waals surface area (Å²) in [6, 6.07) is 6.80. The average molecular weight is 292 g/mol. The molecular weight excluding hydrogens is 278 g/mol. The first-order valence-electron chi connectivity index (χ1n) is 6.02. The Morgan fingerprint density at radius 3 is 2.75 bits per heavy atom. The molecule has 0 aliphatic heterocycles. The molecule has 0 saturated carbocycles. The van der Waals surface area contributed by atoms with E-state index in [1.807, 2.05) is 18.0 Å². The summed E-state index contributed by atoms with van der Waals surface area (Å²) in [4.78, 5) is 21.2. The van der Waals surface area contributed by atoms with Gasteiger partial charge in [0.15, 0.2) is 0 Å². The van der Waals surface area contributed by atoms with Crippen molar-refractivity contribution in [3.05, 3.63) is 58.6 Å². The maximum atomic E-state index is 11.1. The number of carbonyl (C=O) groups is 1. The Labute approximate surface area is 121 Å². The highest BCUT2D eigenvalue weighted by Crippen LogP contribution is 2.11. The first-order valence-corrected chi connectivity index (χ1v) is 6.40.